The average Bonchev–Trinajstić information content (AvgIpc) is 2.29. The number of benzene rings is 1. The monoisotopic (exact) mass is 317 g/mol. The van der Waals surface area contributed by atoms with E-state index in [0.29, 0.717) is 0 Å². The molecule has 0 aliphatic rings. The van der Waals surface area contributed by atoms with Crippen LogP contribution in [0.25, 0.3) is 0 Å². The Balaban J connectivity index is 2.17. The largest absolute Gasteiger partial charge is 0.394 e. The molecule has 1 unspecified atom stereocenters. The number of aliphatic hydroxyl groups is 1. The first-order chi connectivity index (χ1) is 8.03. The van der Waals surface area contributed by atoms with Gasteiger partial charge in [-0.3, -0.25) is 0 Å². The Bertz CT molecular complexity index is 344. The summed E-state index contributed by atoms with van der Waals surface area (Å²) in [6.45, 7) is 1.96. The van der Waals surface area contributed by atoms with E-state index >= 15 is 0 Å². The minimum atomic E-state index is -0.416. The highest BCUT2D eigenvalue weighted by Crippen LogP contribution is 2.23. The Morgan fingerprint density at radius 3 is 2.82 bits per heavy atom. The zero-order chi connectivity index (χ0) is 12.7. The van der Waals surface area contributed by atoms with Crippen LogP contribution in [0.3, 0.4) is 0 Å². The molecule has 1 aromatic carbocycles. The first-order valence-corrected chi connectivity index (χ1v) is 7.59. The summed E-state index contributed by atoms with van der Waals surface area (Å²) in [5.41, 5.74) is 5.45. The molecule has 0 spiro atoms. The highest BCUT2D eigenvalue weighted by molar-refractivity contribution is 9.10. The lowest BCUT2D eigenvalue weighted by Gasteiger charge is -2.21. The number of thioether (sulfide) groups is 1. The molecule has 1 aromatic rings. The average molecular weight is 318 g/mol. The smallest absolute Gasteiger partial charge is 0.0608 e. The van der Waals surface area contributed by atoms with Gasteiger partial charge in [-0.2, -0.15) is 0 Å². The van der Waals surface area contributed by atoms with Gasteiger partial charge in [0.15, 0.2) is 0 Å². The van der Waals surface area contributed by atoms with E-state index in [1.165, 1.54) is 4.90 Å². The summed E-state index contributed by atoms with van der Waals surface area (Å²) in [7, 11) is 0. The molecular weight excluding hydrogens is 298 g/mol. The SMILES string of the molecule is CC(N)(CO)CCCCSc1cccc(Br)c1. The van der Waals surface area contributed by atoms with E-state index < -0.39 is 5.54 Å². The molecule has 1 atom stereocenters. The van der Waals surface area contributed by atoms with Gasteiger partial charge in [0.25, 0.3) is 0 Å². The second-order valence-corrected chi connectivity index (χ2v) is 6.66. The van der Waals surface area contributed by atoms with Crippen molar-refractivity contribution in [3.05, 3.63) is 28.7 Å². The molecule has 0 heterocycles. The van der Waals surface area contributed by atoms with Gasteiger partial charge in [0.1, 0.15) is 0 Å². The Labute approximate surface area is 116 Å². The topological polar surface area (TPSA) is 46.2 Å². The van der Waals surface area contributed by atoms with Gasteiger partial charge < -0.3 is 10.8 Å². The summed E-state index contributed by atoms with van der Waals surface area (Å²) in [6, 6.07) is 8.34. The molecule has 3 N–H and O–H groups in total. The summed E-state index contributed by atoms with van der Waals surface area (Å²) >= 11 is 5.32. The number of aliphatic hydroxyl groups excluding tert-OH is 1. The minimum Gasteiger partial charge on any atom is -0.394 e. The summed E-state index contributed by atoms with van der Waals surface area (Å²) in [5.74, 6) is 1.10. The molecular formula is C13H20BrNOS. The van der Waals surface area contributed by atoms with E-state index in [2.05, 4.69) is 34.1 Å². The van der Waals surface area contributed by atoms with Crippen LogP contribution in [0.15, 0.2) is 33.6 Å². The maximum atomic E-state index is 9.02. The van der Waals surface area contributed by atoms with Crippen molar-refractivity contribution in [3.8, 4) is 0 Å². The number of halogens is 1. The summed E-state index contributed by atoms with van der Waals surface area (Å²) in [6.07, 6.45) is 3.07. The third-order valence-corrected chi connectivity index (χ3v) is 4.14. The predicted molar refractivity (Wildman–Crippen MR) is 78.4 cm³/mol. The van der Waals surface area contributed by atoms with E-state index in [4.69, 9.17) is 10.8 Å². The molecule has 0 amide bonds. The van der Waals surface area contributed by atoms with Crippen molar-refractivity contribution in [1.82, 2.24) is 0 Å². The van der Waals surface area contributed by atoms with E-state index in [-0.39, 0.29) is 6.61 Å². The fraction of sp³-hybridized carbons (Fsp3) is 0.538. The fourth-order valence-corrected chi connectivity index (χ4v) is 2.98. The lowest BCUT2D eigenvalue weighted by molar-refractivity contribution is 0.198. The summed E-state index contributed by atoms with van der Waals surface area (Å²) in [5, 5.41) is 9.02. The molecule has 17 heavy (non-hydrogen) atoms. The lowest BCUT2D eigenvalue weighted by atomic mass is 9.98. The maximum absolute atomic E-state index is 9.02. The van der Waals surface area contributed by atoms with Gasteiger partial charge in [-0.15, -0.1) is 11.8 Å². The van der Waals surface area contributed by atoms with Crippen LogP contribution in [0, 0.1) is 0 Å². The highest BCUT2D eigenvalue weighted by atomic mass is 79.9. The van der Waals surface area contributed by atoms with Crippen molar-refractivity contribution in [2.75, 3.05) is 12.4 Å². The minimum absolute atomic E-state index is 0.0613. The number of unbranched alkanes of at least 4 members (excludes halogenated alkanes) is 1. The zero-order valence-corrected chi connectivity index (χ0v) is 12.6. The Kier molecular flexibility index (Phi) is 6.55. The second-order valence-electron chi connectivity index (χ2n) is 4.58. The van der Waals surface area contributed by atoms with E-state index in [9.17, 15) is 0 Å². The van der Waals surface area contributed by atoms with Gasteiger partial charge in [-0.25, -0.2) is 0 Å². The van der Waals surface area contributed by atoms with Crippen LogP contribution in [0.1, 0.15) is 26.2 Å². The molecule has 1 rings (SSSR count). The van der Waals surface area contributed by atoms with E-state index in [0.717, 1.165) is 29.5 Å². The van der Waals surface area contributed by atoms with Crippen LogP contribution in [0.2, 0.25) is 0 Å². The van der Waals surface area contributed by atoms with Gasteiger partial charge in [0.2, 0.25) is 0 Å². The molecule has 0 radical (unpaired) electrons. The molecule has 0 aliphatic carbocycles. The number of nitrogens with two attached hydrogens (primary N) is 1. The molecule has 96 valence electrons. The molecule has 0 saturated heterocycles. The maximum Gasteiger partial charge on any atom is 0.0608 e. The molecule has 0 bridgehead atoms. The van der Waals surface area contributed by atoms with Crippen molar-refractivity contribution < 1.29 is 5.11 Å². The van der Waals surface area contributed by atoms with E-state index in [1.807, 2.05) is 24.8 Å². The first kappa shape index (κ1) is 15.0. The molecule has 0 aliphatic heterocycles. The van der Waals surface area contributed by atoms with Gasteiger partial charge >= 0.3 is 0 Å². The van der Waals surface area contributed by atoms with E-state index in [1.54, 1.807) is 0 Å². The molecule has 4 heteroatoms. The standard InChI is InChI=1S/C13H20BrNOS/c1-13(15,10-16)7-2-3-8-17-12-6-4-5-11(14)9-12/h4-6,9,16H,2-3,7-8,10,15H2,1H3. The fourth-order valence-electron chi connectivity index (χ4n) is 1.46. The predicted octanol–water partition coefficient (Wildman–Crippen LogP) is 3.42. The normalized spacial score (nSPS) is 14.6. The third-order valence-electron chi connectivity index (χ3n) is 2.57. The Morgan fingerprint density at radius 1 is 1.41 bits per heavy atom. The summed E-state index contributed by atoms with van der Waals surface area (Å²) in [4.78, 5) is 1.29. The highest BCUT2D eigenvalue weighted by Gasteiger charge is 2.15. The number of hydrogen-bond donors (Lipinski definition) is 2. The van der Waals surface area contributed by atoms with Gasteiger partial charge in [0, 0.05) is 14.9 Å². The van der Waals surface area contributed by atoms with Crippen LogP contribution in [-0.2, 0) is 0 Å². The van der Waals surface area contributed by atoms with Gasteiger partial charge in [0.05, 0.1) is 6.61 Å². The molecule has 0 saturated carbocycles. The number of rotatable bonds is 7. The van der Waals surface area contributed by atoms with Crippen LogP contribution < -0.4 is 5.73 Å². The molecule has 0 fully saturated rings. The number of hydrogen-bond acceptors (Lipinski definition) is 3. The third kappa shape index (κ3) is 6.46. The van der Waals surface area contributed by atoms with Crippen LogP contribution >= 0.6 is 27.7 Å². The Hall–Kier alpha value is -0.0300. The van der Waals surface area contributed by atoms with Crippen molar-refractivity contribution in [2.45, 2.75) is 36.6 Å². The zero-order valence-electron chi connectivity index (χ0n) is 10.2. The molecule has 0 aromatic heterocycles. The first-order valence-electron chi connectivity index (χ1n) is 5.82. The quantitative estimate of drug-likeness (QED) is 0.598. The van der Waals surface area contributed by atoms with Crippen molar-refractivity contribution >= 4 is 27.7 Å². The van der Waals surface area contributed by atoms with Gasteiger partial charge in [-0.05, 0) is 43.7 Å². The molecule has 2 nitrogen and oxygen atoms in total. The van der Waals surface area contributed by atoms with Crippen LogP contribution in [0.4, 0.5) is 0 Å². The van der Waals surface area contributed by atoms with Crippen LogP contribution in [0.5, 0.6) is 0 Å². The van der Waals surface area contributed by atoms with Crippen molar-refractivity contribution in [2.24, 2.45) is 5.73 Å². The van der Waals surface area contributed by atoms with Crippen molar-refractivity contribution in [3.63, 3.8) is 0 Å². The second kappa shape index (κ2) is 7.41. The van der Waals surface area contributed by atoms with Crippen LogP contribution in [-0.4, -0.2) is 23.0 Å². The summed E-state index contributed by atoms with van der Waals surface area (Å²) < 4.78 is 1.12. The van der Waals surface area contributed by atoms with Gasteiger partial charge in [-0.1, -0.05) is 28.4 Å². The Morgan fingerprint density at radius 2 is 2.18 bits per heavy atom. The van der Waals surface area contributed by atoms with Crippen molar-refractivity contribution in [1.29, 1.82) is 0 Å². The lowest BCUT2D eigenvalue weighted by Crippen LogP contribution is -2.39.